The third kappa shape index (κ3) is 4.54. The molecule has 0 unspecified atom stereocenters. The van der Waals surface area contributed by atoms with E-state index in [0.717, 1.165) is 26.9 Å². The second-order valence-corrected chi connectivity index (χ2v) is 7.99. The molecule has 146 valence electrons. The van der Waals surface area contributed by atoms with Crippen molar-refractivity contribution in [1.29, 1.82) is 0 Å². The first-order chi connectivity index (χ1) is 13.3. The van der Waals surface area contributed by atoms with Crippen LogP contribution in [0.15, 0.2) is 59.0 Å². The van der Waals surface area contributed by atoms with Crippen LogP contribution in [0.3, 0.4) is 0 Å². The second-order valence-electron chi connectivity index (χ2n) is 6.98. The van der Waals surface area contributed by atoms with E-state index in [0.29, 0.717) is 6.42 Å². The molecule has 28 heavy (non-hydrogen) atoms. The first-order valence-electron chi connectivity index (χ1n) is 9.00. The maximum absolute atomic E-state index is 11.9. The van der Waals surface area contributed by atoms with Crippen LogP contribution >= 0.6 is 11.8 Å². The molecule has 6 nitrogen and oxygen atoms in total. The molecule has 0 aliphatic rings. The summed E-state index contributed by atoms with van der Waals surface area (Å²) in [5, 5.41) is 11.2. The van der Waals surface area contributed by atoms with E-state index in [1.54, 1.807) is 37.5 Å². The van der Waals surface area contributed by atoms with Crippen molar-refractivity contribution in [3.63, 3.8) is 0 Å². The number of aryl methyl sites for hydroxylation is 1. The molecule has 1 amide bonds. The summed E-state index contributed by atoms with van der Waals surface area (Å²) in [6.45, 7) is 2.06. The number of amides is 1. The van der Waals surface area contributed by atoms with Crippen LogP contribution in [0, 0.1) is 0 Å². The Balaban J connectivity index is 1.81. The van der Waals surface area contributed by atoms with Crippen LogP contribution in [0.1, 0.15) is 24.8 Å². The Morgan fingerprint density at radius 2 is 1.89 bits per heavy atom. The first kappa shape index (κ1) is 19.9. The van der Waals surface area contributed by atoms with Crippen LogP contribution < -0.4 is 0 Å². The van der Waals surface area contributed by atoms with Gasteiger partial charge >= 0.3 is 0 Å². The van der Waals surface area contributed by atoms with Gasteiger partial charge in [-0.2, -0.15) is 0 Å². The number of rotatable bonds is 6. The maximum Gasteiger partial charge on any atom is 0.222 e. The zero-order valence-corrected chi connectivity index (χ0v) is 17.3. The highest BCUT2D eigenvalue weighted by Crippen LogP contribution is 2.35. The van der Waals surface area contributed by atoms with Crippen LogP contribution in [0.5, 0.6) is 5.75 Å². The lowest BCUT2D eigenvalue weighted by Gasteiger charge is -2.15. The molecule has 2 heterocycles. The molecule has 1 aromatic carbocycles. The summed E-state index contributed by atoms with van der Waals surface area (Å²) in [6.07, 6.45) is 3.71. The van der Waals surface area contributed by atoms with Gasteiger partial charge in [-0.25, -0.2) is 9.97 Å². The molecule has 3 rings (SSSR count). The number of aromatic nitrogens is 3. The number of imidazole rings is 1. The number of aromatic hydroxyl groups is 1. The van der Waals surface area contributed by atoms with Gasteiger partial charge < -0.3 is 14.6 Å². The van der Waals surface area contributed by atoms with E-state index in [4.69, 9.17) is 0 Å². The van der Waals surface area contributed by atoms with Gasteiger partial charge in [0, 0.05) is 33.1 Å². The zero-order chi connectivity index (χ0) is 20.3. The van der Waals surface area contributed by atoms with Crippen LogP contribution in [0.2, 0.25) is 0 Å². The minimum atomic E-state index is 0.126. The van der Waals surface area contributed by atoms with Gasteiger partial charge in [-0.15, -0.1) is 0 Å². The highest BCUT2D eigenvalue weighted by molar-refractivity contribution is 7.99. The molecular formula is C21H24N4O2S. The fraction of sp³-hybridized carbons (Fsp3) is 0.286. The first-order valence-corrected chi connectivity index (χ1v) is 9.81. The molecule has 0 bridgehead atoms. The standard InChI is InChI=1S/C21H24N4O2S/c1-14(11-19(27)24(2)3)15-5-7-16(8-6-15)20-21(25(4)13-23-20)28-18-10-9-17(26)12-22-18/h5-10,12-14,26H,11H2,1-4H3/t14-/m1/s1. The molecule has 0 saturated carbocycles. The van der Waals surface area contributed by atoms with Gasteiger partial charge in [0.25, 0.3) is 0 Å². The van der Waals surface area contributed by atoms with E-state index in [2.05, 4.69) is 29.0 Å². The van der Waals surface area contributed by atoms with Crippen molar-refractivity contribution in [3.8, 4) is 17.0 Å². The summed E-state index contributed by atoms with van der Waals surface area (Å²) in [6, 6.07) is 11.6. The lowest BCUT2D eigenvalue weighted by molar-refractivity contribution is -0.129. The minimum Gasteiger partial charge on any atom is -0.506 e. The van der Waals surface area contributed by atoms with E-state index in [-0.39, 0.29) is 17.6 Å². The predicted molar refractivity (Wildman–Crippen MR) is 110 cm³/mol. The maximum atomic E-state index is 11.9. The van der Waals surface area contributed by atoms with Gasteiger partial charge in [-0.1, -0.05) is 31.2 Å². The Hall–Kier alpha value is -2.80. The third-order valence-electron chi connectivity index (χ3n) is 4.54. The van der Waals surface area contributed by atoms with Crippen LogP contribution in [0.4, 0.5) is 0 Å². The lowest BCUT2D eigenvalue weighted by atomic mass is 9.96. The van der Waals surface area contributed by atoms with Crippen LogP contribution in [0.25, 0.3) is 11.3 Å². The van der Waals surface area contributed by atoms with E-state index >= 15 is 0 Å². The molecule has 3 aromatic rings. The van der Waals surface area contributed by atoms with Gasteiger partial charge in [0.2, 0.25) is 5.91 Å². The summed E-state index contributed by atoms with van der Waals surface area (Å²) < 4.78 is 1.96. The summed E-state index contributed by atoms with van der Waals surface area (Å²) in [7, 11) is 5.51. The highest BCUT2D eigenvalue weighted by Gasteiger charge is 2.16. The Labute approximate surface area is 169 Å². The van der Waals surface area contributed by atoms with Crippen molar-refractivity contribution >= 4 is 17.7 Å². The molecule has 0 aliphatic heterocycles. The van der Waals surface area contributed by atoms with Crippen molar-refractivity contribution in [2.75, 3.05) is 14.1 Å². The number of pyridine rings is 1. The second kappa shape index (κ2) is 8.48. The van der Waals surface area contributed by atoms with E-state index < -0.39 is 0 Å². The van der Waals surface area contributed by atoms with Crippen molar-refractivity contribution in [3.05, 3.63) is 54.5 Å². The Morgan fingerprint density at radius 1 is 1.18 bits per heavy atom. The lowest BCUT2D eigenvalue weighted by Crippen LogP contribution is -2.22. The normalized spacial score (nSPS) is 12.0. The van der Waals surface area contributed by atoms with Crippen molar-refractivity contribution in [2.45, 2.75) is 29.3 Å². The molecule has 7 heteroatoms. The quantitative estimate of drug-likeness (QED) is 0.684. The Kier molecular flexibility index (Phi) is 6.04. The molecule has 0 fully saturated rings. The van der Waals surface area contributed by atoms with Gasteiger partial charge in [-0.3, -0.25) is 4.79 Å². The fourth-order valence-corrected chi connectivity index (χ4v) is 3.70. The number of nitrogens with zero attached hydrogens (tertiary/aromatic N) is 4. The van der Waals surface area contributed by atoms with Crippen molar-refractivity contribution < 1.29 is 9.90 Å². The molecule has 1 N–H and O–H groups in total. The van der Waals surface area contributed by atoms with Gasteiger partial charge in [0.15, 0.2) is 0 Å². The van der Waals surface area contributed by atoms with E-state index in [1.807, 2.05) is 23.7 Å². The van der Waals surface area contributed by atoms with Crippen LogP contribution in [-0.2, 0) is 11.8 Å². The number of carbonyl (C=O) groups excluding carboxylic acids is 1. The summed E-state index contributed by atoms with van der Waals surface area (Å²) in [4.78, 5) is 22.4. The number of hydrogen-bond acceptors (Lipinski definition) is 5. The summed E-state index contributed by atoms with van der Waals surface area (Å²) in [5.41, 5.74) is 3.02. The molecule has 0 aliphatic carbocycles. The summed E-state index contributed by atoms with van der Waals surface area (Å²) >= 11 is 1.50. The molecule has 0 radical (unpaired) electrons. The number of hydrogen-bond donors (Lipinski definition) is 1. The topological polar surface area (TPSA) is 71.2 Å². The SMILES string of the molecule is C[C@H](CC(=O)N(C)C)c1ccc(-c2ncn(C)c2Sc2ccc(O)cn2)cc1. The third-order valence-corrected chi connectivity index (χ3v) is 5.66. The summed E-state index contributed by atoms with van der Waals surface area (Å²) in [5.74, 6) is 0.427. The number of benzene rings is 1. The smallest absolute Gasteiger partial charge is 0.222 e. The Morgan fingerprint density at radius 3 is 2.50 bits per heavy atom. The molecule has 1 atom stereocenters. The van der Waals surface area contributed by atoms with Crippen LogP contribution in [-0.4, -0.2) is 44.5 Å². The highest BCUT2D eigenvalue weighted by atomic mass is 32.2. The van der Waals surface area contributed by atoms with Gasteiger partial charge in [-0.05, 0) is 35.4 Å². The van der Waals surface area contributed by atoms with E-state index in [9.17, 15) is 9.90 Å². The molecular weight excluding hydrogens is 372 g/mol. The monoisotopic (exact) mass is 396 g/mol. The fourth-order valence-electron chi connectivity index (χ4n) is 2.80. The number of carbonyl (C=O) groups is 1. The molecule has 2 aromatic heterocycles. The average Bonchev–Trinajstić information content (AvgIpc) is 3.04. The van der Waals surface area contributed by atoms with Crippen molar-refractivity contribution in [2.24, 2.45) is 7.05 Å². The molecule has 0 spiro atoms. The largest absolute Gasteiger partial charge is 0.506 e. The van der Waals surface area contributed by atoms with Gasteiger partial charge in [0.05, 0.1) is 12.5 Å². The Bertz CT molecular complexity index is 950. The van der Waals surface area contributed by atoms with Crippen molar-refractivity contribution in [1.82, 2.24) is 19.4 Å². The predicted octanol–water partition coefficient (Wildman–Crippen LogP) is 3.92. The zero-order valence-electron chi connectivity index (χ0n) is 16.5. The van der Waals surface area contributed by atoms with E-state index in [1.165, 1.54) is 18.0 Å². The average molecular weight is 397 g/mol. The minimum absolute atomic E-state index is 0.126. The van der Waals surface area contributed by atoms with Gasteiger partial charge in [0.1, 0.15) is 21.5 Å². The molecule has 0 saturated heterocycles.